The second-order valence-corrected chi connectivity index (χ2v) is 9.16. The van der Waals surface area contributed by atoms with E-state index in [1.165, 1.54) is 12.1 Å². The van der Waals surface area contributed by atoms with E-state index in [9.17, 15) is 18.3 Å². The normalized spacial score (nSPS) is 24.3. The van der Waals surface area contributed by atoms with Gasteiger partial charge in [0.2, 0.25) is 5.91 Å². The molecule has 24 heavy (non-hydrogen) atoms. The summed E-state index contributed by atoms with van der Waals surface area (Å²) in [5.74, 6) is -0.360. The van der Waals surface area contributed by atoms with Crippen LogP contribution in [-0.4, -0.2) is 48.5 Å². The molecular weight excluding hydrogens is 330 g/mol. The van der Waals surface area contributed by atoms with Crippen LogP contribution < -0.4 is 5.32 Å². The molecular formula is C17H25NO5S. The van der Waals surface area contributed by atoms with Crippen LogP contribution in [-0.2, 0) is 21.1 Å². The summed E-state index contributed by atoms with van der Waals surface area (Å²) in [5.41, 5.74) is 0.729. The van der Waals surface area contributed by atoms with Crippen LogP contribution in [0.2, 0.25) is 0 Å². The number of rotatable bonds is 6. The molecule has 1 amide bonds. The van der Waals surface area contributed by atoms with E-state index in [1.54, 1.807) is 26.0 Å². The summed E-state index contributed by atoms with van der Waals surface area (Å²) in [4.78, 5) is 12.3. The standard InChI is InChI=1S/C17H25NO5S/c1-11(2)24(22,23)15-5-3-12(4-6-15)7-17(21)18-14-8-13(10-19)16(20)9-14/h3-6,11,13-14,16,19-20H,7-10H2,1-2H3,(H,18,21)/t13-,14+,16+/m1/s1. The van der Waals surface area contributed by atoms with Gasteiger partial charge in [0.05, 0.1) is 22.7 Å². The molecule has 0 spiro atoms. The predicted octanol–water partition coefficient (Wildman–Crippen LogP) is 0.659. The highest BCUT2D eigenvalue weighted by Crippen LogP contribution is 2.25. The fourth-order valence-corrected chi connectivity index (χ4v) is 4.01. The molecule has 7 heteroatoms. The van der Waals surface area contributed by atoms with Gasteiger partial charge in [-0.25, -0.2) is 8.42 Å². The molecule has 3 N–H and O–H groups in total. The van der Waals surface area contributed by atoms with Gasteiger partial charge in [-0.1, -0.05) is 12.1 Å². The Balaban J connectivity index is 1.93. The van der Waals surface area contributed by atoms with Crippen LogP contribution in [0, 0.1) is 5.92 Å². The number of hydrogen-bond acceptors (Lipinski definition) is 5. The van der Waals surface area contributed by atoms with Crippen molar-refractivity contribution in [3.05, 3.63) is 29.8 Å². The lowest BCUT2D eigenvalue weighted by molar-refractivity contribution is -0.121. The molecule has 134 valence electrons. The smallest absolute Gasteiger partial charge is 0.224 e. The van der Waals surface area contributed by atoms with E-state index >= 15 is 0 Å². The second-order valence-electron chi connectivity index (χ2n) is 6.66. The lowest BCUT2D eigenvalue weighted by Gasteiger charge is -2.13. The minimum absolute atomic E-state index is 0.0840. The Kier molecular flexibility index (Phi) is 6.01. The van der Waals surface area contributed by atoms with Crippen molar-refractivity contribution in [2.24, 2.45) is 5.92 Å². The van der Waals surface area contributed by atoms with Crippen molar-refractivity contribution >= 4 is 15.7 Å². The van der Waals surface area contributed by atoms with Crippen LogP contribution in [0.1, 0.15) is 32.3 Å². The average Bonchev–Trinajstić information content (AvgIpc) is 2.87. The zero-order valence-corrected chi connectivity index (χ0v) is 14.8. The molecule has 0 saturated heterocycles. The first-order valence-corrected chi connectivity index (χ1v) is 9.69. The third-order valence-corrected chi connectivity index (χ3v) is 6.66. The van der Waals surface area contributed by atoms with Crippen molar-refractivity contribution in [1.29, 1.82) is 0 Å². The Morgan fingerprint density at radius 3 is 2.38 bits per heavy atom. The summed E-state index contributed by atoms with van der Waals surface area (Å²) >= 11 is 0. The number of carbonyl (C=O) groups is 1. The summed E-state index contributed by atoms with van der Waals surface area (Å²) in [7, 11) is -3.31. The van der Waals surface area contributed by atoms with E-state index < -0.39 is 21.2 Å². The van der Waals surface area contributed by atoms with Gasteiger partial charge in [-0.05, 0) is 44.4 Å². The van der Waals surface area contributed by atoms with Crippen molar-refractivity contribution in [2.75, 3.05) is 6.61 Å². The molecule has 0 aliphatic heterocycles. The average molecular weight is 355 g/mol. The number of aliphatic hydroxyl groups is 2. The van der Waals surface area contributed by atoms with Crippen molar-refractivity contribution in [3.63, 3.8) is 0 Å². The summed E-state index contributed by atoms with van der Waals surface area (Å²) < 4.78 is 24.1. The van der Waals surface area contributed by atoms with E-state index in [0.29, 0.717) is 12.8 Å². The van der Waals surface area contributed by atoms with E-state index in [0.717, 1.165) is 5.56 Å². The third-order valence-electron chi connectivity index (χ3n) is 4.49. The van der Waals surface area contributed by atoms with Crippen LogP contribution in [0.4, 0.5) is 0 Å². The fourth-order valence-electron chi connectivity index (χ4n) is 2.95. The molecule has 0 heterocycles. The Morgan fingerprint density at radius 1 is 1.25 bits per heavy atom. The van der Waals surface area contributed by atoms with Gasteiger partial charge in [-0.15, -0.1) is 0 Å². The molecule has 6 nitrogen and oxygen atoms in total. The first-order valence-electron chi connectivity index (χ1n) is 8.15. The molecule has 1 fully saturated rings. The van der Waals surface area contributed by atoms with E-state index in [-0.39, 0.29) is 35.8 Å². The zero-order chi connectivity index (χ0) is 17.9. The fraction of sp³-hybridized carbons (Fsp3) is 0.588. The number of aliphatic hydroxyl groups excluding tert-OH is 2. The number of sulfone groups is 1. The first-order chi connectivity index (χ1) is 11.2. The van der Waals surface area contributed by atoms with Gasteiger partial charge in [0, 0.05) is 18.6 Å². The van der Waals surface area contributed by atoms with Crippen LogP contribution in [0.5, 0.6) is 0 Å². The maximum absolute atomic E-state index is 12.1. The lowest BCUT2D eigenvalue weighted by atomic mass is 10.1. The van der Waals surface area contributed by atoms with Crippen LogP contribution in [0.15, 0.2) is 29.2 Å². The minimum atomic E-state index is -3.31. The predicted molar refractivity (Wildman–Crippen MR) is 90.2 cm³/mol. The molecule has 1 aliphatic carbocycles. The maximum atomic E-state index is 12.1. The van der Waals surface area contributed by atoms with Crippen molar-refractivity contribution in [3.8, 4) is 0 Å². The topological polar surface area (TPSA) is 104 Å². The van der Waals surface area contributed by atoms with Gasteiger partial charge >= 0.3 is 0 Å². The van der Waals surface area contributed by atoms with Crippen LogP contribution >= 0.6 is 0 Å². The largest absolute Gasteiger partial charge is 0.396 e. The van der Waals surface area contributed by atoms with Gasteiger partial charge < -0.3 is 15.5 Å². The monoisotopic (exact) mass is 355 g/mol. The minimum Gasteiger partial charge on any atom is -0.396 e. The number of benzene rings is 1. The summed E-state index contributed by atoms with van der Waals surface area (Å²) in [6, 6.07) is 6.22. The summed E-state index contributed by atoms with van der Waals surface area (Å²) in [6.45, 7) is 3.18. The zero-order valence-electron chi connectivity index (χ0n) is 14.0. The van der Waals surface area contributed by atoms with Gasteiger partial charge in [0.25, 0.3) is 0 Å². The Bertz CT molecular complexity index is 669. The van der Waals surface area contributed by atoms with Crippen molar-refractivity contribution in [1.82, 2.24) is 5.32 Å². The third kappa shape index (κ3) is 4.34. The molecule has 2 rings (SSSR count). The Morgan fingerprint density at radius 2 is 1.88 bits per heavy atom. The molecule has 1 aromatic carbocycles. The molecule has 1 aliphatic rings. The highest BCUT2D eigenvalue weighted by atomic mass is 32.2. The number of carbonyl (C=O) groups excluding carboxylic acids is 1. The highest BCUT2D eigenvalue weighted by molar-refractivity contribution is 7.92. The second kappa shape index (κ2) is 7.63. The maximum Gasteiger partial charge on any atom is 0.224 e. The molecule has 0 bridgehead atoms. The van der Waals surface area contributed by atoms with E-state index in [1.807, 2.05) is 0 Å². The van der Waals surface area contributed by atoms with Gasteiger partial charge in [-0.2, -0.15) is 0 Å². The highest BCUT2D eigenvalue weighted by Gasteiger charge is 2.33. The Labute approximate surface area is 142 Å². The number of amides is 1. The molecule has 3 atom stereocenters. The van der Waals surface area contributed by atoms with Crippen molar-refractivity contribution < 1.29 is 23.4 Å². The number of nitrogens with one attached hydrogen (secondary N) is 1. The molecule has 1 aromatic rings. The van der Waals surface area contributed by atoms with Gasteiger partial charge in [0.15, 0.2) is 9.84 Å². The van der Waals surface area contributed by atoms with Gasteiger partial charge in [0.1, 0.15) is 0 Å². The molecule has 0 radical (unpaired) electrons. The van der Waals surface area contributed by atoms with Crippen molar-refractivity contribution in [2.45, 2.75) is 55.4 Å². The van der Waals surface area contributed by atoms with Crippen LogP contribution in [0.3, 0.4) is 0 Å². The summed E-state index contributed by atoms with van der Waals surface area (Å²) in [6.07, 6.45) is 0.580. The van der Waals surface area contributed by atoms with E-state index in [2.05, 4.69) is 5.32 Å². The lowest BCUT2D eigenvalue weighted by Crippen LogP contribution is -2.34. The molecule has 0 aromatic heterocycles. The van der Waals surface area contributed by atoms with E-state index in [4.69, 9.17) is 5.11 Å². The molecule has 1 saturated carbocycles. The molecule has 0 unspecified atom stereocenters. The SMILES string of the molecule is CC(C)S(=O)(=O)c1ccc(CC(=O)N[C@H]2C[C@H](CO)[C@@H](O)C2)cc1. The quantitative estimate of drug-likeness (QED) is 0.695. The Hall–Kier alpha value is -1.44. The van der Waals surface area contributed by atoms with Crippen LogP contribution in [0.25, 0.3) is 0 Å². The number of hydrogen-bond donors (Lipinski definition) is 3. The first kappa shape index (κ1) is 18.9. The van der Waals surface area contributed by atoms with Gasteiger partial charge in [-0.3, -0.25) is 4.79 Å². The summed E-state index contributed by atoms with van der Waals surface area (Å²) in [5, 5.41) is 21.2.